The molecule has 0 saturated heterocycles. The van der Waals surface area contributed by atoms with Crippen molar-refractivity contribution in [3.05, 3.63) is 102 Å². The van der Waals surface area contributed by atoms with Crippen LogP contribution < -0.4 is 5.32 Å². The zero-order valence-corrected chi connectivity index (χ0v) is 17.8. The summed E-state index contributed by atoms with van der Waals surface area (Å²) in [4.78, 5) is 11.3. The quantitative estimate of drug-likeness (QED) is 0.345. The van der Waals surface area contributed by atoms with Crippen LogP contribution in [0.3, 0.4) is 0 Å². The van der Waals surface area contributed by atoms with Crippen LogP contribution >= 0.6 is 0 Å². The topological polar surface area (TPSA) is 34.0 Å². The van der Waals surface area contributed by atoms with Gasteiger partial charge in [-0.25, -0.2) is 4.39 Å². The van der Waals surface area contributed by atoms with Crippen LogP contribution in [0, 0.1) is 0 Å². The van der Waals surface area contributed by atoms with Crippen LogP contribution in [-0.2, 0) is 18.3 Å². The second-order valence-corrected chi connectivity index (χ2v) is 8.08. The van der Waals surface area contributed by atoms with Crippen LogP contribution in [0.4, 0.5) is 10.1 Å². The SMILES string of the molecule is Cn1cc(Cc2ccc3ccccc3c2)c2c(-c3ccc(NC(=O)CF)cc3)cccc21. The first-order valence-corrected chi connectivity index (χ1v) is 10.6. The number of aryl methyl sites for hydroxylation is 1. The molecule has 0 atom stereocenters. The fourth-order valence-electron chi connectivity index (χ4n) is 4.41. The molecule has 1 heterocycles. The molecule has 0 aliphatic heterocycles. The Hall–Kier alpha value is -3.92. The van der Waals surface area contributed by atoms with E-state index in [4.69, 9.17) is 0 Å². The molecule has 0 aliphatic rings. The third-order valence-electron chi connectivity index (χ3n) is 5.90. The fraction of sp³-hybridized carbons (Fsp3) is 0.107. The van der Waals surface area contributed by atoms with E-state index in [-0.39, 0.29) is 0 Å². The van der Waals surface area contributed by atoms with Gasteiger partial charge in [-0.1, -0.05) is 66.7 Å². The second-order valence-electron chi connectivity index (χ2n) is 8.08. The summed E-state index contributed by atoms with van der Waals surface area (Å²) in [5, 5.41) is 6.27. The van der Waals surface area contributed by atoms with E-state index in [9.17, 15) is 9.18 Å². The highest BCUT2D eigenvalue weighted by molar-refractivity contribution is 5.99. The van der Waals surface area contributed by atoms with Crippen molar-refractivity contribution in [3.63, 3.8) is 0 Å². The molecule has 158 valence electrons. The van der Waals surface area contributed by atoms with E-state index < -0.39 is 12.6 Å². The van der Waals surface area contributed by atoms with Crippen molar-refractivity contribution in [2.45, 2.75) is 6.42 Å². The van der Waals surface area contributed by atoms with E-state index in [1.165, 1.54) is 32.8 Å². The lowest BCUT2D eigenvalue weighted by atomic mass is 9.95. The van der Waals surface area contributed by atoms with Gasteiger partial charge in [0.2, 0.25) is 0 Å². The van der Waals surface area contributed by atoms with Gasteiger partial charge in [-0.2, -0.15) is 0 Å². The number of hydrogen-bond donors (Lipinski definition) is 1. The number of carbonyl (C=O) groups is 1. The zero-order valence-electron chi connectivity index (χ0n) is 17.8. The summed E-state index contributed by atoms with van der Waals surface area (Å²) >= 11 is 0. The molecule has 4 heteroatoms. The number of amides is 1. The summed E-state index contributed by atoms with van der Waals surface area (Å²) in [7, 11) is 2.07. The maximum Gasteiger partial charge on any atom is 0.255 e. The van der Waals surface area contributed by atoms with Gasteiger partial charge in [0.15, 0.2) is 6.67 Å². The molecule has 3 nitrogen and oxygen atoms in total. The molecule has 4 aromatic carbocycles. The van der Waals surface area contributed by atoms with E-state index in [0.29, 0.717) is 5.69 Å². The minimum absolute atomic E-state index is 0.591. The molecule has 0 aliphatic carbocycles. The zero-order chi connectivity index (χ0) is 22.1. The van der Waals surface area contributed by atoms with E-state index in [2.05, 4.69) is 83.8 Å². The Bertz CT molecular complexity index is 1430. The van der Waals surface area contributed by atoms with Crippen LogP contribution in [0.15, 0.2) is 91.1 Å². The summed E-state index contributed by atoms with van der Waals surface area (Å²) in [6.45, 7) is -1.02. The van der Waals surface area contributed by atoms with Crippen LogP contribution in [0.25, 0.3) is 32.8 Å². The third-order valence-corrected chi connectivity index (χ3v) is 5.90. The predicted octanol–water partition coefficient (Wildman–Crippen LogP) is 6.50. The van der Waals surface area contributed by atoms with Gasteiger partial charge in [-0.05, 0) is 57.6 Å². The fourth-order valence-corrected chi connectivity index (χ4v) is 4.41. The number of halogens is 1. The molecular weight excluding hydrogens is 399 g/mol. The smallest absolute Gasteiger partial charge is 0.255 e. The van der Waals surface area contributed by atoms with Crippen molar-refractivity contribution >= 4 is 33.3 Å². The lowest BCUT2D eigenvalue weighted by Gasteiger charge is -2.09. The van der Waals surface area contributed by atoms with Crippen molar-refractivity contribution in [1.29, 1.82) is 0 Å². The first-order valence-electron chi connectivity index (χ1n) is 10.6. The third kappa shape index (κ3) is 3.76. The number of anilines is 1. The molecule has 0 radical (unpaired) electrons. The average molecular weight is 423 g/mol. The summed E-state index contributed by atoms with van der Waals surface area (Å²) in [6.07, 6.45) is 3.04. The lowest BCUT2D eigenvalue weighted by Crippen LogP contribution is -2.12. The van der Waals surface area contributed by atoms with Crippen molar-refractivity contribution in [1.82, 2.24) is 4.57 Å². The number of aromatic nitrogens is 1. The molecule has 1 amide bonds. The van der Waals surface area contributed by atoms with Crippen molar-refractivity contribution < 1.29 is 9.18 Å². The number of nitrogens with zero attached hydrogens (tertiary/aromatic N) is 1. The Balaban J connectivity index is 1.55. The number of benzene rings is 4. The first-order chi connectivity index (χ1) is 15.6. The standard InChI is InChI=1S/C28H23FN2O/c1-31-18-23(16-19-9-10-20-5-2-3-6-22(20)15-19)28-25(7-4-8-26(28)31)21-11-13-24(14-12-21)30-27(32)17-29/h2-15,18H,16-17H2,1H3,(H,30,32). The Morgan fingerprint density at radius 3 is 2.47 bits per heavy atom. The van der Waals surface area contributed by atoms with Crippen molar-refractivity contribution in [3.8, 4) is 11.1 Å². The van der Waals surface area contributed by atoms with Gasteiger partial charge in [0.1, 0.15) is 0 Å². The highest BCUT2D eigenvalue weighted by Gasteiger charge is 2.13. The van der Waals surface area contributed by atoms with Crippen LogP contribution in [0.2, 0.25) is 0 Å². The van der Waals surface area contributed by atoms with Crippen LogP contribution in [0.5, 0.6) is 0 Å². The summed E-state index contributed by atoms with van der Waals surface area (Å²) in [5.74, 6) is -0.638. The second kappa shape index (κ2) is 8.31. The van der Waals surface area contributed by atoms with Gasteiger partial charge in [0.05, 0.1) is 0 Å². The molecule has 0 spiro atoms. The van der Waals surface area contributed by atoms with E-state index in [0.717, 1.165) is 17.5 Å². The maximum absolute atomic E-state index is 12.5. The number of fused-ring (bicyclic) bond motifs is 2. The molecule has 1 aromatic heterocycles. The molecular formula is C28H23FN2O. The molecule has 5 rings (SSSR count). The lowest BCUT2D eigenvalue weighted by molar-refractivity contribution is -0.117. The van der Waals surface area contributed by atoms with Gasteiger partial charge < -0.3 is 9.88 Å². The maximum atomic E-state index is 12.5. The van der Waals surface area contributed by atoms with Crippen LogP contribution in [-0.4, -0.2) is 17.1 Å². The summed E-state index contributed by atoms with van der Waals surface area (Å²) < 4.78 is 14.7. The van der Waals surface area contributed by atoms with E-state index in [1.807, 2.05) is 24.3 Å². The summed E-state index contributed by atoms with van der Waals surface area (Å²) in [5.41, 5.74) is 6.50. The normalized spacial score (nSPS) is 11.2. The van der Waals surface area contributed by atoms with Gasteiger partial charge >= 0.3 is 0 Å². The number of carbonyl (C=O) groups excluding carboxylic acids is 1. The Labute approximate surface area is 186 Å². The molecule has 1 N–H and O–H groups in total. The molecule has 5 aromatic rings. The van der Waals surface area contributed by atoms with Crippen molar-refractivity contribution in [2.24, 2.45) is 7.05 Å². The molecule has 0 bridgehead atoms. The van der Waals surface area contributed by atoms with E-state index >= 15 is 0 Å². The summed E-state index contributed by atoms with van der Waals surface area (Å²) in [6, 6.07) is 29.0. The largest absolute Gasteiger partial charge is 0.350 e. The molecule has 0 fully saturated rings. The van der Waals surface area contributed by atoms with Crippen LogP contribution in [0.1, 0.15) is 11.1 Å². The first kappa shape index (κ1) is 20.0. The minimum Gasteiger partial charge on any atom is -0.350 e. The highest BCUT2D eigenvalue weighted by atomic mass is 19.1. The Morgan fingerprint density at radius 2 is 1.69 bits per heavy atom. The Kier molecular flexibility index (Phi) is 5.20. The predicted molar refractivity (Wildman–Crippen MR) is 130 cm³/mol. The van der Waals surface area contributed by atoms with Gasteiger partial charge in [-0.3, -0.25) is 4.79 Å². The van der Waals surface area contributed by atoms with E-state index in [1.54, 1.807) is 0 Å². The number of alkyl halides is 1. The highest BCUT2D eigenvalue weighted by Crippen LogP contribution is 2.34. The average Bonchev–Trinajstić information content (AvgIpc) is 3.14. The van der Waals surface area contributed by atoms with Gasteiger partial charge in [0.25, 0.3) is 5.91 Å². The molecule has 32 heavy (non-hydrogen) atoms. The van der Waals surface area contributed by atoms with Crippen molar-refractivity contribution in [2.75, 3.05) is 12.0 Å². The monoisotopic (exact) mass is 422 g/mol. The molecule has 0 unspecified atom stereocenters. The number of nitrogens with one attached hydrogen (secondary N) is 1. The molecule has 0 saturated carbocycles. The van der Waals surface area contributed by atoms with Gasteiger partial charge in [0, 0.05) is 29.8 Å². The van der Waals surface area contributed by atoms with Gasteiger partial charge in [-0.15, -0.1) is 0 Å². The number of hydrogen-bond acceptors (Lipinski definition) is 1. The minimum atomic E-state index is -1.02. The number of rotatable bonds is 5. The Morgan fingerprint density at radius 1 is 0.906 bits per heavy atom.